The highest BCUT2D eigenvalue weighted by molar-refractivity contribution is 8.15. The molecule has 2 amide bonds. The van der Waals surface area contributed by atoms with Gasteiger partial charge in [0.05, 0.1) is 17.4 Å². The van der Waals surface area contributed by atoms with Crippen LogP contribution in [0.5, 0.6) is 0 Å². The molecule has 2 heterocycles. The first-order chi connectivity index (χ1) is 17.4. The number of halogens is 2. The fraction of sp³-hybridized carbons (Fsp3) is 0.185. The predicted octanol–water partition coefficient (Wildman–Crippen LogP) is 5.45. The summed E-state index contributed by atoms with van der Waals surface area (Å²) in [5.41, 5.74) is 3.60. The minimum Gasteiger partial charge on any atom is -0.324 e. The van der Waals surface area contributed by atoms with Crippen LogP contribution in [0.3, 0.4) is 0 Å². The molecular weight excluding hydrogens is 482 g/mol. The molecule has 0 saturated heterocycles. The number of carbonyl (C=O) groups is 2. The number of nitrogens with zero attached hydrogens (tertiary/aromatic N) is 3. The summed E-state index contributed by atoms with van der Waals surface area (Å²) >= 11 is 1.13. The second kappa shape index (κ2) is 10.0. The van der Waals surface area contributed by atoms with Gasteiger partial charge in [-0.1, -0.05) is 65.9 Å². The fourth-order valence-corrected chi connectivity index (χ4v) is 5.18. The lowest BCUT2D eigenvalue weighted by Crippen LogP contribution is -2.25. The SMILES string of the molecule is Cc1ccc(C2=NN(C3=NC(=O)[C@H](CC(=O)Nc4ccccc4F)S3)[C@H](c3cccc(F)c3)C2)cc1. The second-order valence-corrected chi connectivity index (χ2v) is 9.77. The molecule has 0 fully saturated rings. The molecular formula is C27H22F2N4O2S. The summed E-state index contributed by atoms with van der Waals surface area (Å²) in [5, 5.41) is 8.48. The third-order valence-corrected chi connectivity index (χ3v) is 7.11. The van der Waals surface area contributed by atoms with E-state index in [4.69, 9.17) is 5.10 Å². The molecule has 182 valence electrons. The average molecular weight is 505 g/mol. The van der Waals surface area contributed by atoms with E-state index in [1.54, 1.807) is 17.1 Å². The van der Waals surface area contributed by atoms with E-state index in [1.807, 2.05) is 37.3 Å². The highest BCUT2D eigenvalue weighted by Gasteiger charge is 2.39. The van der Waals surface area contributed by atoms with E-state index in [1.165, 1.54) is 30.3 Å². The summed E-state index contributed by atoms with van der Waals surface area (Å²) in [7, 11) is 0. The molecule has 3 aromatic carbocycles. The number of aliphatic imine (C=N–C) groups is 1. The zero-order chi connectivity index (χ0) is 25.2. The molecule has 0 aliphatic carbocycles. The van der Waals surface area contributed by atoms with Crippen molar-refractivity contribution in [2.45, 2.75) is 31.1 Å². The van der Waals surface area contributed by atoms with Gasteiger partial charge in [-0.05, 0) is 42.3 Å². The van der Waals surface area contributed by atoms with Gasteiger partial charge in [-0.2, -0.15) is 10.1 Å². The number of rotatable bonds is 5. The molecule has 3 aromatic rings. The third-order valence-electron chi connectivity index (χ3n) is 5.97. The van der Waals surface area contributed by atoms with Crippen LogP contribution in [-0.2, 0) is 9.59 Å². The van der Waals surface area contributed by atoms with Gasteiger partial charge in [0.15, 0.2) is 5.17 Å². The summed E-state index contributed by atoms with van der Waals surface area (Å²) in [6.07, 6.45) is 0.330. The molecule has 9 heteroatoms. The van der Waals surface area contributed by atoms with E-state index in [-0.39, 0.29) is 24.0 Å². The minimum absolute atomic E-state index is 0.0529. The first kappa shape index (κ1) is 23.9. The van der Waals surface area contributed by atoms with Crippen molar-refractivity contribution in [3.8, 4) is 0 Å². The maximum Gasteiger partial charge on any atom is 0.262 e. The van der Waals surface area contributed by atoms with Gasteiger partial charge in [0.25, 0.3) is 5.91 Å². The number of hydrazone groups is 1. The van der Waals surface area contributed by atoms with Crippen LogP contribution >= 0.6 is 11.8 Å². The molecule has 2 atom stereocenters. The lowest BCUT2D eigenvalue weighted by molar-refractivity contribution is -0.121. The number of anilines is 1. The van der Waals surface area contributed by atoms with Crippen LogP contribution in [0.25, 0.3) is 0 Å². The van der Waals surface area contributed by atoms with Crippen molar-refractivity contribution in [1.82, 2.24) is 5.01 Å². The number of aryl methyl sites for hydroxylation is 1. The lowest BCUT2D eigenvalue weighted by atomic mass is 9.98. The molecule has 5 rings (SSSR count). The standard InChI is InChI=1S/C27H22F2N4O2S/c1-16-9-11-17(12-10-16)22-14-23(18-5-4-6-19(28)13-18)33(32-22)27-31-26(35)24(36-27)15-25(34)30-21-8-3-2-7-20(21)29/h2-13,23-24H,14-15H2,1H3,(H,30,34)/t23-,24-/m0/s1. The van der Waals surface area contributed by atoms with Gasteiger partial charge in [-0.25, -0.2) is 13.8 Å². The highest BCUT2D eigenvalue weighted by Crippen LogP contribution is 2.38. The van der Waals surface area contributed by atoms with Crippen LogP contribution in [-0.4, -0.2) is 33.0 Å². The Bertz CT molecular complexity index is 1390. The Hall–Kier alpha value is -3.85. The number of para-hydroxylation sites is 1. The summed E-state index contributed by atoms with van der Waals surface area (Å²) in [6, 6.07) is 19.7. The highest BCUT2D eigenvalue weighted by atomic mass is 32.2. The molecule has 36 heavy (non-hydrogen) atoms. The zero-order valence-electron chi connectivity index (χ0n) is 19.3. The van der Waals surface area contributed by atoms with E-state index in [2.05, 4.69) is 10.3 Å². The number of benzene rings is 3. The lowest BCUT2D eigenvalue weighted by Gasteiger charge is -2.23. The molecule has 2 aliphatic heterocycles. The molecule has 0 aromatic heterocycles. The van der Waals surface area contributed by atoms with Gasteiger partial charge in [-0.3, -0.25) is 9.59 Å². The van der Waals surface area contributed by atoms with E-state index in [0.717, 1.165) is 28.6 Å². The van der Waals surface area contributed by atoms with Crippen LogP contribution in [0.2, 0.25) is 0 Å². The number of amidine groups is 1. The maximum absolute atomic E-state index is 14.0. The Balaban J connectivity index is 1.36. The summed E-state index contributed by atoms with van der Waals surface area (Å²) in [5.74, 6) is -1.87. The number of carbonyl (C=O) groups excluding carboxylic acids is 2. The molecule has 0 saturated carbocycles. The van der Waals surface area contributed by atoms with E-state index >= 15 is 0 Å². The Labute approximate surface area is 211 Å². The fourth-order valence-electron chi connectivity index (χ4n) is 4.12. The largest absolute Gasteiger partial charge is 0.324 e. The van der Waals surface area contributed by atoms with Gasteiger partial charge < -0.3 is 5.32 Å². The van der Waals surface area contributed by atoms with E-state index in [9.17, 15) is 18.4 Å². The molecule has 6 nitrogen and oxygen atoms in total. The topological polar surface area (TPSA) is 74.1 Å². The molecule has 2 aliphatic rings. The van der Waals surface area contributed by atoms with E-state index in [0.29, 0.717) is 17.2 Å². The average Bonchev–Trinajstić information content (AvgIpc) is 3.45. The molecule has 1 N–H and O–H groups in total. The number of hydrogen-bond acceptors (Lipinski definition) is 5. The monoisotopic (exact) mass is 504 g/mol. The van der Waals surface area contributed by atoms with Crippen molar-refractivity contribution in [2.75, 3.05) is 5.32 Å². The van der Waals surface area contributed by atoms with Gasteiger partial charge >= 0.3 is 0 Å². The Morgan fingerprint density at radius 3 is 2.61 bits per heavy atom. The third kappa shape index (κ3) is 5.06. The number of hydrogen-bond donors (Lipinski definition) is 1. The second-order valence-electron chi connectivity index (χ2n) is 8.60. The summed E-state index contributed by atoms with van der Waals surface area (Å²) < 4.78 is 27.9. The van der Waals surface area contributed by atoms with Gasteiger partial charge in [0.2, 0.25) is 5.91 Å². The van der Waals surface area contributed by atoms with Crippen molar-refractivity contribution >= 4 is 40.1 Å². The molecule has 0 spiro atoms. The molecule has 0 radical (unpaired) electrons. The van der Waals surface area contributed by atoms with Gasteiger partial charge in [0, 0.05) is 12.8 Å². The van der Waals surface area contributed by atoms with Crippen molar-refractivity contribution in [1.29, 1.82) is 0 Å². The normalized spacial score (nSPS) is 19.3. The maximum atomic E-state index is 14.0. The van der Waals surface area contributed by atoms with Gasteiger partial charge in [-0.15, -0.1) is 0 Å². The number of nitrogens with one attached hydrogen (secondary N) is 1. The van der Waals surface area contributed by atoms with E-state index < -0.39 is 22.9 Å². The quantitative estimate of drug-likeness (QED) is 0.501. The van der Waals surface area contributed by atoms with Crippen LogP contribution in [0.1, 0.15) is 35.6 Å². The first-order valence-corrected chi connectivity index (χ1v) is 12.3. The van der Waals surface area contributed by atoms with Crippen LogP contribution < -0.4 is 5.32 Å². The van der Waals surface area contributed by atoms with Gasteiger partial charge in [0.1, 0.15) is 16.9 Å². The van der Waals surface area contributed by atoms with Crippen molar-refractivity contribution in [3.63, 3.8) is 0 Å². The van der Waals surface area contributed by atoms with Crippen molar-refractivity contribution in [3.05, 3.63) is 101 Å². The number of amides is 2. The minimum atomic E-state index is -0.765. The summed E-state index contributed by atoms with van der Waals surface area (Å²) in [4.78, 5) is 29.4. The Morgan fingerprint density at radius 1 is 1.08 bits per heavy atom. The summed E-state index contributed by atoms with van der Waals surface area (Å²) in [6.45, 7) is 2.00. The van der Waals surface area contributed by atoms with Crippen LogP contribution in [0.15, 0.2) is 82.9 Å². The molecule has 0 bridgehead atoms. The molecule has 0 unspecified atom stereocenters. The van der Waals surface area contributed by atoms with Crippen molar-refractivity contribution < 1.29 is 18.4 Å². The van der Waals surface area contributed by atoms with Crippen LogP contribution in [0, 0.1) is 18.6 Å². The first-order valence-electron chi connectivity index (χ1n) is 11.4. The van der Waals surface area contributed by atoms with Crippen molar-refractivity contribution in [2.24, 2.45) is 10.1 Å². The number of thioether (sulfide) groups is 1. The Morgan fingerprint density at radius 2 is 1.86 bits per heavy atom. The van der Waals surface area contributed by atoms with Crippen LogP contribution in [0.4, 0.5) is 14.5 Å². The Kier molecular flexibility index (Phi) is 6.65. The smallest absolute Gasteiger partial charge is 0.262 e. The zero-order valence-corrected chi connectivity index (χ0v) is 20.1. The predicted molar refractivity (Wildman–Crippen MR) is 137 cm³/mol.